The average Bonchev–Trinajstić information content (AvgIpc) is 2.56. The van der Waals surface area contributed by atoms with Gasteiger partial charge in [0.25, 0.3) is 0 Å². The Hall–Kier alpha value is -0.610. The first kappa shape index (κ1) is 13.5. The summed E-state index contributed by atoms with van der Waals surface area (Å²) in [5.41, 5.74) is -1.28. The van der Waals surface area contributed by atoms with Crippen molar-refractivity contribution < 1.29 is 14.6 Å². The maximum Gasteiger partial charge on any atom is 0.225 e. The van der Waals surface area contributed by atoms with Gasteiger partial charge in [-0.15, -0.1) is 0 Å². The Morgan fingerprint density at radius 3 is 2.69 bits per heavy atom. The third kappa shape index (κ3) is 2.74. The Morgan fingerprint density at radius 2 is 2.25 bits per heavy atom. The fraction of sp³-hybridized carbons (Fsp3) is 0.917. The highest BCUT2D eigenvalue weighted by Gasteiger charge is 2.40. The van der Waals surface area contributed by atoms with Crippen molar-refractivity contribution in [2.75, 3.05) is 13.2 Å². The Kier molecular flexibility index (Phi) is 3.97. The van der Waals surface area contributed by atoms with Crippen LogP contribution in [0.25, 0.3) is 0 Å². The molecule has 1 fully saturated rings. The van der Waals surface area contributed by atoms with Gasteiger partial charge in [0.1, 0.15) is 5.60 Å². The third-order valence-electron chi connectivity index (χ3n) is 3.71. The van der Waals surface area contributed by atoms with Gasteiger partial charge in [-0.1, -0.05) is 20.8 Å². The Morgan fingerprint density at radius 1 is 1.62 bits per heavy atom. The molecule has 0 aliphatic carbocycles. The van der Waals surface area contributed by atoms with Crippen LogP contribution in [0.5, 0.6) is 0 Å². The van der Waals surface area contributed by atoms with Crippen LogP contribution in [0.15, 0.2) is 0 Å². The molecule has 0 spiro atoms. The highest BCUT2D eigenvalue weighted by Crippen LogP contribution is 2.26. The lowest BCUT2D eigenvalue weighted by Crippen LogP contribution is -2.50. The van der Waals surface area contributed by atoms with Crippen LogP contribution >= 0.6 is 0 Å². The fourth-order valence-corrected chi connectivity index (χ4v) is 1.64. The monoisotopic (exact) mass is 229 g/mol. The maximum absolute atomic E-state index is 11.8. The number of ether oxygens (including phenoxy) is 1. The van der Waals surface area contributed by atoms with E-state index >= 15 is 0 Å². The van der Waals surface area contributed by atoms with E-state index in [0.29, 0.717) is 13.0 Å². The van der Waals surface area contributed by atoms with Gasteiger partial charge in [-0.05, 0) is 13.3 Å². The van der Waals surface area contributed by atoms with Crippen molar-refractivity contribution >= 4 is 5.91 Å². The van der Waals surface area contributed by atoms with Crippen molar-refractivity contribution in [1.29, 1.82) is 0 Å². The number of nitrogens with one attached hydrogen (secondary N) is 1. The average molecular weight is 229 g/mol. The summed E-state index contributed by atoms with van der Waals surface area (Å²) in [4.78, 5) is 11.8. The van der Waals surface area contributed by atoms with Gasteiger partial charge >= 0.3 is 0 Å². The number of hydrogen-bond donors (Lipinski definition) is 2. The first-order valence-electron chi connectivity index (χ1n) is 5.94. The molecule has 1 aliphatic heterocycles. The van der Waals surface area contributed by atoms with Gasteiger partial charge < -0.3 is 15.2 Å². The van der Waals surface area contributed by atoms with Crippen LogP contribution < -0.4 is 5.32 Å². The lowest BCUT2D eigenvalue weighted by atomic mass is 9.88. The second-order valence-electron chi connectivity index (χ2n) is 5.29. The lowest BCUT2D eigenvalue weighted by Gasteiger charge is -2.29. The van der Waals surface area contributed by atoms with Crippen LogP contribution in [0.1, 0.15) is 40.5 Å². The SMILES string of the molecule is CCC(C)(C)C(=O)NCC1(O)CCOC1C. The third-order valence-corrected chi connectivity index (χ3v) is 3.71. The van der Waals surface area contributed by atoms with E-state index < -0.39 is 5.60 Å². The molecule has 4 heteroatoms. The molecule has 1 amide bonds. The van der Waals surface area contributed by atoms with Crippen molar-refractivity contribution in [3.63, 3.8) is 0 Å². The van der Waals surface area contributed by atoms with Gasteiger partial charge in [0.05, 0.1) is 6.10 Å². The predicted molar refractivity (Wildman–Crippen MR) is 62.1 cm³/mol. The molecule has 1 heterocycles. The molecule has 1 aliphatic rings. The summed E-state index contributed by atoms with van der Waals surface area (Å²) in [6, 6.07) is 0. The molecule has 0 radical (unpaired) electrons. The highest BCUT2D eigenvalue weighted by atomic mass is 16.5. The fourth-order valence-electron chi connectivity index (χ4n) is 1.64. The number of rotatable bonds is 4. The molecule has 16 heavy (non-hydrogen) atoms. The van der Waals surface area contributed by atoms with Crippen molar-refractivity contribution in [2.24, 2.45) is 5.41 Å². The topological polar surface area (TPSA) is 58.6 Å². The molecule has 0 aromatic rings. The molecule has 0 aromatic heterocycles. The number of aliphatic hydroxyl groups is 1. The van der Waals surface area contributed by atoms with Crippen molar-refractivity contribution in [1.82, 2.24) is 5.32 Å². The van der Waals surface area contributed by atoms with Gasteiger partial charge in [-0.2, -0.15) is 0 Å². The minimum absolute atomic E-state index is 0.0116. The zero-order valence-corrected chi connectivity index (χ0v) is 10.7. The van der Waals surface area contributed by atoms with Crippen molar-refractivity contribution in [2.45, 2.75) is 52.2 Å². The summed E-state index contributed by atoms with van der Waals surface area (Å²) < 4.78 is 5.31. The van der Waals surface area contributed by atoms with E-state index in [1.54, 1.807) is 0 Å². The van der Waals surface area contributed by atoms with E-state index in [-0.39, 0.29) is 24.0 Å². The molecule has 2 atom stereocenters. The molecule has 94 valence electrons. The molecule has 0 bridgehead atoms. The van der Waals surface area contributed by atoms with Crippen LogP contribution in [0.3, 0.4) is 0 Å². The van der Waals surface area contributed by atoms with E-state index in [1.165, 1.54) is 0 Å². The summed E-state index contributed by atoms with van der Waals surface area (Å²) >= 11 is 0. The summed E-state index contributed by atoms with van der Waals surface area (Å²) in [6.45, 7) is 8.46. The van der Waals surface area contributed by atoms with E-state index in [0.717, 1.165) is 6.42 Å². The quantitative estimate of drug-likeness (QED) is 0.758. The summed E-state index contributed by atoms with van der Waals surface area (Å²) in [6.07, 6.45) is 1.15. The molecule has 4 nitrogen and oxygen atoms in total. The van der Waals surface area contributed by atoms with Crippen molar-refractivity contribution in [3.8, 4) is 0 Å². The number of hydrogen-bond acceptors (Lipinski definition) is 3. The zero-order valence-electron chi connectivity index (χ0n) is 10.7. The van der Waals surface area contributed by atoms with Crippen LogP contribution in [0, 0.1) is 5.41 Å². The number of carbonyl (C=O) groups excluding carboxylic acids is 1. The van der Waals surface area contributed by atoms with Crippen LogP contribution in [-0.4, -0.2) is 35.9 Å². The molecule has 0 saturated carbocycles. The van der Waals surface area contributed by atoms with Crippen molar-refractivity contribution in [3.05, 3.63) is 0 Å². The molecule has 1 saturated heterocycles. The molecule has 0 aromatic carbocycles. The summed E-state index contributed by atoms with van der Waals surface area (Å²) in [5.74, 6) is -0.0116. The number of amides is 1. The van der Waals surface area contributed by atoms with Gasteiger partial charge in [-0.3, -0.25) is 4.79 Å². The van der Waals surface area contributed by atoms with Gasteiger partial charge in [0.2, 0.25) is 5.91 Å². The predicted octanol–water partition coefficient (Wildman–Crippen LogP) is 1.08. The summed E-state index contributed by atoms with van der Waals surface area (Å²) in [5, 5.41) is 13.0. The van der Waals surface area contributed by atoms with E-state index in [2.05, 4.69) is 5.32 Å². The standard InChI is InChI=1S/C12H23NO3/c1-5-11(3,4)10(14)13-8-12(15)6-7-16-9(12)2/h9,15H,5-8H2,1-4H3,(H,13,14). The molecule has 2 unspecified atom stereocenters. The molecule has 1 rings (SSSR count). The first-order valence-corrected chi connectivity index (χ1v) is 5.94. The van der Waals surface area contributed by atoms with Crippen LogP contribution in [0.2, 0.25) is 0 Å². The normalized spacial score (nSPS) is 30.4. The highest BCUT2D eigenvalue weighted by molar-refractivity contribution is 5.81. The zero-order chi connectivity index (χ0) is 12.4. The minimum Gasteiger partial charge on any atom is -0.385 e. The van der Waals surface area contributed by atoms with Gasteiger partial charge in [-0.25, -0.2) is 0 Å². The van der Waals surface area contributed by atoms with E-state index in [9.17, 15) is 9.90 Å². The van der Waals surface area contributed by atoms with Gasteiger partial charge in [0.15, 0.2) is 0 Å². The largest absolute Gasteiger partial charge is 0.385 e. The van der Waals surface area contributed by atoms with Crippen LogP contribution in [0.4, 0.5) is 0 Å². The lowest BCUT2D eigenvalue weighted by molar-refractivity contribution is -0.131. The second-order valence-corrected chi connectivity index (χ2v) is 5.29. The Labute approximate surface area is 97.4 Å². The smallest absolute Gasteiger partial charge is 0.225 e. The van der Waals surface area contributed by atoms with Gasteiger partial charge in [0, 0.05) is 25.0 Å². The maximum atomic E-state index is 11.8. The first-order chi connectivity index (χ1) is 7.32. The molecular weight excluding hydrogens is 206 g/mol. The Balaban J connectivity index is 2.49. The minimum atomic E-state index is -0.903. The van der Waals surface area contributed by atoms with E-state index in [4.69, 9.17) is 4.74 Å². The summed E-state index contributed by atoms with van der Waals surface area (Å²) in [7, 11) is 0. The second kappa shape index (κ2) is 4.72. The molecular formula is C12H23NO3. The number of carbonyl (C=O) groups is 1. The van der Waals surface area contributed by atoms with Crippen LogP contribution in [-0.2, 0) is 9.53 Å². The molecule has 2 N–H and O–H groups in total. The van der Waals surface area contributed by atoms with E-state index in [1.807, 2.05) is 27.7 Å². The Bertz CT molecular complexity index is 265.